The van der Waals surface area contributed by atoms with E-state index in [1.54, 1.807) is 0 Å². The molecule has 1 amide bonds. The van der Waals surface area contributed by atoms with Gasteiger partial charge in [0.1, 0.15) is 5.15 Å². The van der Waals surface area contributed by atoms with Gasteiger partial charge in [0.05, 0.1) is 0 Å². The lowest BCUT2D eigenvalue weighted by atomic mass is 10.3. The molecule has 0 fully saturated rings. The van der Waals surface area contributed by atoms with Gasteiger partial charge < -0.3 is 0 Å². The van der Waals surface area contributed by atoms with Gasteiger partial charge in [0, 0.05) is 11.8 Å². The van der Waals surface area contributed by atoms with E-state index < -0.39 is 5.91 Å². The Morgan fingerprint density at radius 1 is 1.73 bits per heavy atom. The van der Waals surface area contributed by atoms with Crippen LogP contribution in [-0.2, 0) is 0 Å². The average molecular weight is 173 g/mol. The van der Waals surface area contributed by atoms with Crippen LogP contribution in [0, 0.1) is 0 Å². The molecule has 4 nitrogen and oxygen atoms in total. The summed E-state index contributed by atoms with van der Waals surface area (Å²) < 4.78 is 0. The molecule has 0 radical (unpaired) electrons. The summed E-state index contributed by atoms with van der Waals surface area (Å²) in [6.45, 7) is 0. The molecule has 0 saturated carbocycles. The smallest absolute Gasteiger partial charge is 0.274 e. The highest BCUT2D eigenvalue weighted by molar-refractivity contribution is 6.29. The maximum Gasteiger partial charge on any atom is 0.274 e. The summed E-state index contributed by atoms with van der Waals surface area (Å²) in [6.07, 6.45) is 1.38. The summed E-state index contributed by atoms with van der Waals surface area (Å²) in [5.74, 6) is -0.603. The highest BCUT2D eigenvalue weighted by Crippen LogP contribution is 2.05. The van der Waals surface area contributed by atoms with E-state index in [2.05, 4.69) is 4.98 Å². The first-order chi connectivity index (χ1) is 5.24. The van der Waals surface area contributed by atoms with Gasteiger partial charge in [-0.15, -0.1) is 0 Å². The van der Waals surface area contributed by atoms with E-state index in [-0.39, 0.29) is 10.7 Å². The lowest BCUT2D eigenvalue weighted by Gasteiger charge is -1.96. The lowest BCUT2D eigenvalue weighted by molar-refractivity contribution is 0.0706. The monoisotopic (exact) mass is 172 g/mol. The molecule has 0 atom stereocenters. The van der Waals surface area contributed by atoms with Gasteiger partial charge in [-0.25, -0.2) is 10.5 Å². The topological polar surface area (TPSA) is 62.2 Å². The summed E-state index contributed by atoms with van der Waals surface area (Å²) in [5.41, 5.74) is 1.75. The van der Waals surface area contributed by atoms with E-state index in [4.69, 9.17) is 16.8 Å². The van der Waals surface area contributed by atoms with Crippen LogP contribution >= 0.6 is 11.6 Å². The Balaban J connectivity index is 2.96. The van der Waals surface area contributed by atoms with Crippen molar-refractivity contribution in [1.29, 1.82) is 0 Å². The Kier molecular flexibility index (Phi) is 2.40. The quantitative estimate of drug-likeness (QED) is 0.375. The van der Waals surface area contributed by atoms with Gasteiger partial charge in [-0.3, -0.25) is 10.0 Å². The zero-order valence-corrected chi connectivity index (χ0v) is 6.17. The van der Waals surface area contributed by atoms with Gasteiger partial charge >= 0.3 is 0 Å². The van der Waals surface area contributed by atoms with Gasteiger partial charge in [-0.1, -0.05) is 11.6 Å². The molecule has 1 aromatic heterocycles. The van der Waals surface area contributed by atoms with Crippen LogP contribution in [0.15, 0.2) is 18.3 Å². The fourth-order valence-corrected chi connectivity index (χ4v) is 0.782. The van der Waals surface area contributed by atoms with E-state index >= 15 is 0 Å². The second-order valence-corrected chi connectivity index (χ2v) is 2.20. The Bertz CT molecular complexity index is 277. The second kappa shape index (κ2) is 3.32. The minimum absolute atomic E-state index is 0.214. The minimum atomic E-state index is -0.603. The van der Waals surface area contributed by atoms with Crippen molar-refractivity contribution >= 4 is 17.5 Å². The summed E-state index contributed by atoms with van der Waals surface area (Å²) in [7, 11) is 0. The number of rotatable bonds is 1. The molecular weight excluding hydrogens is 168 g/mol. The summed E-state index contributed by atoms with van der Waals surface area (Å²) >= 11 is 5.47. The zero-order valence-electron chi connectivity index (χ0n) is 5.41. The third kappa shape index (κ3) is 1.89. The fraction of sp³-hybridized carbons (Fsp3) is 0. The van der Waals surface area contributed by atoms with Gasteiger partial charge in [0.2, 0.25) is 0 Å². The molecule has 0 aromatic carbocycles. The van der Waals surface area contributed by atoms with Crippen LogP contribution in [0.2, 0.25) is 5.15 Å². The number of hydrogen-bond acceptors (Lipinski definition) is 3. The van der Waals surface area contributed by atoms with Crippen molar-refractivity contribution in [2.75, 3.05) is 0 Å². The number of pyridine rings is 1. The van der Waals surface area contributed by atoms with Crippen molar-refractivity contribution in [2.45, 2.75) is 0 Å². The van der Waals surface area contributed by atoms with Crippen LogP contribution < -0.4 is 5.48 Å². The maximum absolute atomic E-state index is 10.7. The van der Waals surface area contributed by atoms with Crippen LogP contribution in [-0.4, -0.2) is 16.1 Å². The molecule has 0 aliphatic carbocycles. The summed E-state index contributed by atoms with van der Waals surface area (Å²) in [4.78, 5) is 14.4. The van der Waals surface area contributed by atoms with Gasteiger partial charge in [0.15, 0.2) is 0 Å². The molecular formula is C6H5ClN2O2. The Morgan fingerprint density at radius 3 is 3.00 bits per heavy atom. The number of nitrogens with zero attached hydrogens (tertiary/aromatic N) is 1. The lowest BCUT2D eigenvalue weighted by Crippen LogP contribution is -2.18. The van der Waals surface area contributed by atoms with Crippen LogP contribution in [0.1, 0.15) is 10.4 Å². The first-order valence-corrected chi connectivity index (χ1v) is 3.18. The largest absolute Gasteiger partial charge is 0.288 e. The molecule has 11 heavy (non-hydrogen) atoms. The maximum atomic E-state index is 10.7. The highest BCUT2D eigenvalue weighted by Gasteiger charge is 2.03. The SMILES string of the molecule is O=C(NO)c1ccnc(Cl)c1. The third-order valence-corrected chi connectivity index (χ3v) is 1.30. The minimum Gasteiger partial charge on any atom is -0.288 e. The van der Waals surface area contributed by atoms with E-state index in [0.29, 0.717) is 0 Å². The number of carbonyl (C=O) groups excluding carboxylic acids is 1. The van der Waals surface area contributed by atoms with Crippen LogP contribution in [0.4, 0.5) is 0 Å². The van der Waals surface area contributed by atoms with Crippen LogP contribution in [0.5, 0.6) is 0 Å². The first kappa shape index (κ1) is 7.97. The number of amides is 1. The number of aromatic nitrogens is 1. The van der Waals surface area contributed by atoms with Crippen molar-refractivity contribution in [2.24, 2.45) is 0 Å². The Morgan fingerprint density at radius 2 is 2.45 bits per heavy atom. The molecule has 0 spiro atoms. The van der Waals surface area contributed by atoms with Crippen molar-refractivity contribution in [3.63, 3.8) is 0 Å². The fourth-order valence-electron chi connectivity index (χ4n) is 0.608. The standard InChI is InChI=1S/C6H5ClN2O2/c7-5-3-4(1-2-8-5)6(10)9-11/h1-3,11H,(H,9,10). The summed E-state index contributed by atoms with van der Waals surface area (Å²) in [6, 6.07) is 2.80. The molecule has 58 valence electrons. The van der Waals surface area contributed by atoms with Crippen LogP contribution in [0.3, 0.4) is 0 Å². The number of halogens is 1. The molecule has 1 aromatic rings. The normalized spacial score (nSPS) is 9.27. The Hall–Kier alpha value is -1.13. The highest BCUT2D eigenvalue weighted by atomic mass is 35.5. The van der Waals surface area contributed by atoms with E-state index in [1.165, 1.54) is 23.8 Å². The molecule has 0 aliphatic heterocycles. The number of carbonyl (C=O) groups is 1. The molecule has 0 bridgehead atoms. The van der Waals surface area contributed by atoms with Gasteiger partial charge in [-0.05, 0) is 12.1 Å². The van der Waals surface area contributed by atoms with Crippen molar-refractivity contribution in [3.8, 4) is 0 Å². The zero-order chi connectivity index (χ0) is 8.27. The average Bonchev–Trinajstić information content (AvgIpc) is 2.03. The predicted molar refractivity (Wildman–Crippen MR) is 38.5 cm³/mol. The predicted octanol–water partition coefficient (Wildman–Crippen LogP) is 0.854. The molecule has 0 unspecified atom stereocenters. The second-order valence-electron chi connectivity index (χ2n) is 1.81. The molecule has 1 heterocycles. The molecule has 0 aliphatic rings. The molecule has 0 saturated heterocycles. The van der Waals surface area contributed by atoms with Gasteiger partial charge in [0.25, 0.3) is 5.91 Å². The number of nitrogens with one attached hydrogen (secondary N) is 1. The summed E-state index contributed by atoms with van der Waals surface area (Å²) in [5, 5.41) is 8.43. The van der Waals surface area contributed by atoms with E-state index in [9.17, 15) is 4.79 Å². The number of hydrogen-bond donors (Lipinski definition) is 2. The molecule has 2 N–H and O–H groups in total. The third-order valence-electron chi connectivity index (χ3n) is 1.09. The number of hydroxylamine groups is 1. The first-order valence-electron chi connectivity index (χ1n) is 2.80. The Labute approximate surface area is 67.8 Å². The van der Waals surface area contributed by atoms with Crippen molar-refractivity contribution in [1.82, 2.24) is 10.5 Å². The van der Waals surface area contributed by atoms with E-state index in [0.717, 1.165) is 0 Å². The molecule has 5 heteroatoms. The van der Waals surface area contributed by atoms with E-state index in [1.807, 2.05) is 0 Å². The van der Waals surface area contributed by atoms with Crippen LogP contribution in [0.25, 0.3) is 0 Å². The molecule has 1 rings (SSSR count). The van der Waals surface area contributed by atoms with Crippen molar-refractivity contribution < 1.29 is 10.0 Å². The van der Waals surface area contributed by atoms with Crippen molar-refractivity contribution in [3.05, 3.63) is 29.0 Å². The van der Waals surface area contributed by atoms with Gasteiger partial charge in [-0.2, -0.15) is 0 Å².